The van der Waals surface area contributed by atoms with Crippen LogP contribution in [0.1, 0.15) is 44.6 Å². The van der Waals surface area contributed by atoms with Crippen LogP contribution in [0.5, 0.6) is 5.75 Å². The standard InChI is InChI=1S/C16H22O3/c1-2-8-18-13-5-3-4-12(9-13)16(17)10-14-6-7-15(11-16)19-14/h3-5,9,14-15,17H,2,6-8,10-11H2,1H3. The van der Waals surface area contributed by atoms with Gasteiger partial charge in [-0.3, -0.25) is 0 Å². The summed E-state index contributed by atoms with van der Waals surface area (Å²) in [6.07, 6.45) is 5.03. The molecule has 2 aliphatic rings. The molecule has 2 atom stereocenters. The van der Waals surface area contributed by atoms with E-state index in [1.807, 2.05) is 24.3 Å². The molecule has 19 heavy (non-hydrogen) atoms. The average Bonchev–Trinajstić information content (AvgIpc) is 2.76. The molecule has 3 heteroatoms. The fourth-order valence-corrected chi connectivity index (χ4v) is 3.25. The first-order valence-electron chi connectivity index (χ1n) is 7.31. The Balaban J connectivity index is 1.80. The first-order valence-corrected chi connectivity index (χ1v) is 7.31. The average molecular weight is 262 g/mol. The van der Waals surface area contributed by atoms with Crippen molar-refractivity contribution in [1.82, 2.24) is 0 Å². The maximum Gasteiger partial charge on any atom is 0.119 e. The van der Waals surface area contributed by atoms with Crippen molar-refractivity contribution < 1.29 is 14.6 Å². The van der Waals surface area contributed by atoms with Gasteiger partial charge in [-0.05, 0) is 37.0 Å². The molecule has 2 aliphatic heterocycles. The van der Waals surface area contributed by atoms with Crippen molar-refractivity contribution in [3.05, 3.63) is 29.8 Å². The Bertz CT molecular complexity index is 431. The fraction of sp³-hybridized carbons (Fsp3) is 0.625. The lowest BCUT2D eigenvalue weighted by Crippen LogP contribution is -2.38. The van der Waals surface area contributed by atoms with Gasteiger partial charge in [0, 0.05) is 12.8 Å². The van der Waals surface area contributed by atoms with Gasteiger partial charge in [-0.2, -0.15) is 0 Å². The Kier molecular flexibility index (Phi) is 3.50. The van der Waals surface area contributed by atoms with Gasteiger partial charge in [-0.15, -0.1) is 0 Å². The van der Waals surface area contributed by atoms with Gasteiger partial charge in [0.1, 0.15) is 5.75 Å². The molecule has 0 saturated carbocycles. The molecule has 1 aromatic carbocycles. The van der Waals surface area contributed by atoms with Crippen LogP contribution in [0.15, 0.2) is 24.3 Å². The minimum absolute atomic E-state index is 0.226. The summed E-state index contributed by atoms with van der Waals surface area (Å²) in [5, 5.41) is 10.9. The van der Waals surface area contributed by atoms with Crippen LogP contribution >= 0.6 is 0 Å². The van der Waals surface area contributed by atoms with Crippen molar-refractivity contribution in [3.8, 4) is 5.75 Å². The molecule has 1 aromatic rings. The maximum absolute atomic E-state index is 10.9. The van der Waals surface area contributed by atoms with Crippen molar-refractivity contribution in [3.63, 3.8) is 0 Å². The van der Waals surface area contributed by atoms with E-state index < -0.39 is 5.60 Å². The van der Waals surface area contributed by atoms with Gasteiger partial charge in [-0.25, -0.2) is 0 Å². The lowest BCUT2D eigenvalue weighted by molar-refractivity contribution is -0.115. The van der Waals surface area contributed by atoms with Crippen LogP contribution in [0.4, 0.5) is 0 Å². The van der Waals surface area contributed by atoms with E-state index in [9.17, 15) is 5.11 Å². The Morgan fingerprint density at radius 2 is 2.05 bits per heavy atom. The molecule has 3 rings (SSSR count). The van der Waals surface area contributed by atoms with Gasteiger partial charge >= 0.3 is 0 Å². The van der Waals surface area contributed by atoms with Crippen molar-refractivity contribution >= 4 is 0 Å². The zero-order chi connectivity index (χ0) is 13.3. The molecule has 0 spiro atoms. The zero-order valence-electron chi connectivity index (χ0n) is 11.5. The topological polar surface area (TPSA) is 38.7 Å². The van der Waals surface area contributed by atoms with Gasteiger partial charge in [0.05, 0.1) is 24.4 Å². The van der Waals surface area contributed by atoms with Gasteiger partial charge in [0.15, 0.2) is 0 Å². The molecule has 2 bridgehead atoms. The van der Waals surface area contributed by atoms with E-state index in [4.69, 9.17) is 9.47 Å². The molecule has 1 N–H and O–H groups in total. The number of rotatable bonds is 4. The minimum atomic E-state index is -0.740. The molecule has 2 unspecified atom stereocenters. The van der Waals surface area contributed by atoms with Crippen LogP contribution < -0.4 is 4.74 Å². The normalized spacial score (nSPS) is 33.4. The molecule has 2 heterocycles. The maximum atomic E-state index is 10.9. The summed E-state index contributed by atoms with van der Waals surface area (Å²) in [6, 6.07) is 7.91. The Morgan fingerprint density at radius 3 is 2.74 bits per heavy atom. The van der Waals surface area contributed by atoms with E-state index in [0.717, 1.165) is 37.2 Å². The van der Waals surface area contributed by atoms with Crippen molar-refractivity contribution in [2.75, 3.05) is 6.61 Å². The van der Waals surface area contributed by atoms with Crippen LogP contribution in [-0.2, 0) is 10.3 Å². The predicted molar refractivity (Wildman–Crippen MR) is 73.3 cm³/mol. The molecule has 0 amide bonds. The monoisotopic (exact) mass is 262 g/mol. The van der Waals surface area contributed by atoms with Crippen LogP contribution in [0.2, 0.25) is 0 Å². The van der Waals surface area contributed by atoms with E-state index in [1.54, 1.807) is 0 Å². The van der Waals surface area contributed by atoms with Gasteiger partial charge < -0.3 is 14.6 Å². The van der Waals surface area contributed by atoms with Gasteiger partial charge in [0.25, 0.3) is 0 Å². The van der Waals surface area contributed by atoms with E-state index in [-0.39, 0.29) is 12.2 Å². The number of benzene rings is 1. The third-order valence-electron chi connectivity index (χ3n) is 4.17. The number of hydrogen-bond donors (Lipinski definition) is 1. The first-order chi connectivity index (χ1) is 9.19. The van der Waals surface area contributed by atoms with Gasteiger partial charge in [-0.1, -0.05) is 19.1 Å². The predicted octanol–water partition coefficient (Wildman–Crippen LogP) is 3.00. The Labute approximate surface area is 114 Å². The first kappa shape index (κ1) is 12.9. The highest BCUT2D eigenvalue weighted by Gasteiger charge is 2.44. The largest absolute Gasteiger partial charge is 0.494 e. The number of hydrogen-bond acceptors (Lipinski definition) is 3. The molecule has 3 nitrogen and oxygen atoms in total. The van der Waals surface area contributed by atoms with E-state index in [1.165, 1.54) is 0 Å². The Hall–Kier alpha value is -1.06. The fourth-order valence-electron chi connectivity index (χ4n) is 3.25. The highest BCUT2D eigenvalue weighted by molar-refractivity contribution is 5.33. The van der Waals surface area contributed by atoms with Crippen LogP contribution in [0, 0.1) is 0 Å². The summed E-state index contributed by atoms with van der Waals surface area (Å²) in [5.41, 5.74) is 0.233. The van der Waals surface area contributed by atoms with Crippen LogP contribution in [0.25, 0.3) is 0 Å². The summed E-state index contributed by atoms with van der Waals surface area (Å²) >= 11 is 0. The second-order valence-electron chi connectivity index (χ2n) is 5.77. The van der Waals surface area contributed by atoms with Gasteiger partial charge in [0.2, 0.25) is 0 Å². The number of fused-ring (bicyclic) bond motifs is 2. The molecular formula is C16H22O3. The summed E-state index contributed by atoms with van der Waals surface area (Å²) in [6.45, 7) is 2.81. The quantitative estimate of drug-likeness (QED) is 0.906. The second kappa shape index (κ2) is 5.14. The SMILES string of the molecule is CCCOc1cccc(C2(O)CC3CCC(C2)O3)c1. The number of ether oxygens (including phenoxy) is 2. The Morgan fingerprint density at radius 1 is 1.32 bits per heavy atom. The minimum Gasteiger partial charge on any atom is -0.494 e. The zero-order valence-corrected chi connectivity index (χ0v) is 11.5. The molecule has 0 aliphatic carbocycles. The lowest BCUT2D eigenvalue weighted by atomic mass is 9.83. The molecule has 0 aromatic heterocycles. The summed E-state index contributed by atoms with van der Waals surface area (Å²) < 4.78 is 11.5. The van der Waals surface area contributed by atoms with E-state index >= 15 is 0 Å². The van der Waals surface area contributed by atoms with E-state index in [2.05, 4.69) is 6.92 Å². The molecule has 104 valence electrons. The molecule has 0 radical (unpaired) electrons. The van der Waals surface area contributed by atoms with Crippen molar-refractivity contribution in [2.45, 2.75) is 56.8 Å². The third-order valence-corrected chi connectivity index (χ3v) is 4.17. The highest BCUT2D eigenvalue weighted by Crippen LogP contribution is 2.44. The van der Waals surface area contributed by atoms with Crippen molar-refractivity contribution in [2.24, 2.45) is 0 Å². The second-order valence-corrected chi connectivity index (χ2v) is 5.77. The smallest absolute Gasteiger partial charge is 0.119 e. The van der Waals surface area contributed by atoms with Crippen LogP contribution in [0.3, 0.4) is 0 Å². The molecule has 2 saturated heterocycles. The highest BCUT2D eigenvalue weighted by atomic mass is 16.5. The summed E-state index contributed by atoms with van der Waals surface area (Å²) in [5.74, 6) is 0.853. The van der Waals surface area contributed by atoms with Crippen molar-refractivity contribution in [1.29, 1.82) is 0 Å². The number of aliphatic hydroxyl groups is 1. The van der Waals surface area contributed by atoms with Crippen LogP contribution in [-0.4, -0.2) is 23.9 Å². The summed E-state index contributed by atoms with van der Waals surface area (Å²) in [7, 11) is 0. The molecular weight excluding hydrogens is 240 g/mol. The third kappa shape index (κ3) is 2.63. The lowest BCUT2D eigenvalue weighted by Gasteiger charge is -2.37. The van der Waals surface area contributed by atoms with E-state index in [0.29, 0.717) is 12.8 Å². The molecule has 2 fully saturated rings. The summed E-state index contributed by atoms with van der Waals surface area (Å²) in [4.78, 5) is 0.